The minimum atomic E-state index is -4.66. The number of rotatable bonds is 2. The van der Waals surface area contributed by atoms with Gasteiger partial charge in [0.1, 0.15) is 0 Å². The highest BCUT2D eigenvalue weighted by atomic mass is 35.5. The predicted octanol–water partition coefficient (Wildman–Crippen LogP) is 9.35. The van der Waals surface area contributed by atoms with Crippen LogP contribution in [0.2, 0.25) is 30.1 Å². The molecule has 0 aliphatic rings. The van der Waals surface area contributed by atoms with Crippen LogP contribution in [0.4, 0.5) is 13.2 Å². The fourth-order valence-electron chi connectivity index (χ4n) is 2.46. The fraction of sp³-hybridized carbons (Fsp3) is 0.0556. The monoisotopic (exact) mass is 503 g/mol. The Hall–Kier alpha value is -0.880. The smallest absolute Gasteiger partial charge is 0.247 e. The van der Waals surface area contributed by atoms with Crippen LogP contribution >= 0.6 is 69.6 Å². The second-order valence-corrected chi connectivity index (χ2v) is 7.98. The Morgan fingerprint density at radius 1 is 0.643 bits per heavy atom. The molecule has 10 heteroatoms. The number of halogens is 9. The molecule has 0 saturated heterocycles. The molecule has 0 aliphatic carbocycles. The SMILES string of the molecule is FC(F)(F)c1ccc(-c2cc(Cl)c(Cl)c(Cl)c2)nc1-c1cc(Cl)c(Cl)c(Cl)c1. The average molecular weight is 506 g/mol. The predicted molar refractivity (Wildman–Crippen MR) is 110 cm³/mol. The van der Waals surface area contributed by atoms with Gasteiger partial charge in [-0.05, 0) is 36.4 Å². The lowest BCUT2D eigenvalue weighted by Gasteiger charge is -2.15. The topological polar surface area (TPSA) is 12.9 Å². The van der Waals surface area contributed by atoms with Crippen LogP contribution in [0.1, 0.15) is 5.56 Å². The zero-order valence-electron chi connectivity index (χ0n) is 13.3. The molecule has 0 saturated carbocycles. The number of aromatic nitrogens is 1. The van der Waals surface area contributed by atoms with Crippen molar-refractivity contribution >= 4 is 69.6 Å². The van der Waals surface area contributed by atoms with Crippen molar-refractivity contribution in [3.8, 4) is 22.5 Å². The third-order valence-electron chi connectivity index (χ3n) is 3.74. The number of hydrogen-bond donors (Lipinski definition) is 0. The van der Waals surface area contributed by atoms with Crippen LogP contribution in [0.15, 0.2) is 36.4 Å². The Kier molecular flexibility index (Phi) is 6.31. The first-order valence-corrected chi connectivity index (χ1v) is 9.64. The summed E-state index contributed by atoms with van der Waals surface area (Å²) in [5.41, 5.74) is -0.685. The summed E-state index contributed by atoms with van der Waals surface area (Å²) in [4.78, 5) is 4.16. The number of pyridine rings is 1. The van der Waals surface area contributed by atoms with E-state index in [2.05, 4.69) is 4.98 Å². The number of alkyl halides is 3. The highest BCUT2D eigenvalue weighted by Crippen LogP contribution is 2.42. The van der Waals surface area contributed by atoms with E-state index in [4.69, 9.17) is 69.6 Å². The van der Waals surface area contributed by atoms with Gasteiger partial charge in [-0.25, -0.2) is 4.98 Å². The molecule has 1 nitrogen and oxygen atoms in total. The fourth-order valence-corrected chi connectivity index (χ4v) is 3.66. The van der Waals surface area contributed by atoms with E-state index in [1.807, 2.05) is 0 Å². The number of hydrogen-bond acceptors (Lipinski definition) is 1. The van der Waals surface area contributed by atoms with Gasteiger partial charge < -0.3 is 0 Å². The number of nitrogens with zero attached hydrogens (tertiary/aromatic N) is 1. The van der Waals surface area contributed by atoms with Crippen molar-refractivity contribution in [1.82, 2.24) is 4.98 Å². The van der Waals surface area contributed by atoms with Gasteiger partial charge in [0, 0.05) is 11.1 Å². The molecule has 0 fully saturated rings. The van der Waals surface area contributed by atoms with E-state index in [1.54, 1.807) is 0 Å². The van der Waals surface area contributed by atoms with Gasteiger partial charge in [0.15, 0.2) is 0 Å². The molecule has 0 aliphatic heterocycles. The van der Waals surface area contributed by atoms with Crippen LogP contribution in [0.3, 0.4) is 0 Å². The minimum absolute atomic E-state index is 0.00192. The van der Waals surface area contributed by atoms with Gasteiger partial charge in [0.2, 0.25) is 0 Å². The molecule has 0 N–H and O–H groups in total. The van der Waals surface area contributed by atoms with Crippen LogP contribution in [-0.2, 0) is 6.18 Å². The standard InChI is InChI=1S/C18H6Cl6F3N/c19-10-3-7(4-11(20)15(10)23)14-2-1-9(18(25,26)27)17(28-14)8-5-12(21)16(24)13(22)6-8/h1-6H. The van der Waals surface area contributed by atoms with E-state index in [-0.39, 0.29) is 47.1 Å². The van der Waals surface area contributed by atoms with Crippen LogP contribution in [-0.4, -0.2) is 4.98 Å². The average Bonchev–Trinajstić information content (AvgIpc) is 2.62. The molecule has 3 rings (SSSR count). The lowest BCUT2D eigenvalue weighted by molar-refractivity contribution is -0.137. The highest BCUT2D eigenvalue weighted by Gasteiger charge is 2.35. The molecule has 0 radical (unpaired) electrons. The van der Waals surface area contributed by atoms with Gasteiger partial charge in [0.25, 0.3) is 0 Å². The normalized spacial score (nSPS) is 11.8. The maximum Gasteiger partial charge on any atom is 0.418 e. The molecule has 146 valence electrons. The molecule has 3 aromatic rings. The first-order valence-electron chi connectivity index (χ1n) is 7.37. The Morgan fingerprint density at radius 3 is 1.50 bits per heavy atom. The van der Waals surface area contributed by atoms with E-state index < -0.39 is 11.7 Å². The van der Waals surface area contributed by atoms with Gasteiger partial charge in [-0.2, -0.15) is 13.2 Å². The zero-order valence-corrected chi connectivity index (χ0v) is 17.8. The highest BCUT2D eigenvalue weighted by molar-refractivity contribution is 6.49. The van der Waals surface area contributed by atoms with Crippen molar-refractivity contribution in [2.24, 2.45) is 0 Å². The summed E-state index contributed by atoms with van der Waals surface area (Å²) in [6.45, 7) is 0. The van der Waals surface area contributed by atoms with Crippen LogP contribution in [0, 0.1) is 0 Å². The van der Waals surface area contributed by atoms with E-state index in [0.29, 0.717) is 5.56 Å². The van der Waals surface area contributed by atoms with Crippen LogP contribution in [0.5, 0.6) is 0 Å². The van der Waals surface area contributed by atoms with Crippen molar-refractivity contribution in [2.75, 3.05) is 0 Å². The molecule has 0 bridgehead atoms. The largest absolute Gasteiger partial charge is 0.418 e. The van der Waals surface area contributed by atoms with E-state index in [0.717, 1.165) is 6.07 Å². The summed E-state index contributed by atoms with van der Waals surface area (Å²) >= 11 is 35.8. The first kappa shape index (κ1) is 21.8. The summed E-state index contributed by atoms with van der Waals surface area (Å²) in [5.74, 6) is 0. The zero-order chi connectivity index (χ0) is 20.8. The summed E-state index contributed by atoms with van der Waals surface area (Å²) < 4.78 is 40.6. The molecular weight excluding hydrogens is 500 g/mol. The summed E-state index contributed by atoms with van der Waals surface area (Å²) in [7, 11) is 0. The first-order chi connectivity index (χ1) is 13.0. The molecule has 28 heavy (non-hydrogen) atoms. The van der Waals surface area contributed by atoms with E-state index >= 15 is 0 Å². The van der Waals surface area contributed by atoms with Gasteiger partial charge in [-0.1, -0.05) is 69.6 Å². The van der Waals surface area contributed by atoms with Crippen molar-refractivity contribution in [1.29, 1.82) is 0 Å². The maximum absolute atomic E-state index is 13.5. The molecule has 0 spiro atoms. The Bertz CT molecular complexity index is 1040. The van der Waals surface area contributed by atoms with Crippen molar-refractivity contribution in [3.63, 3.8) is 0 Å². The molecular formula is C18H6Cl6F3N. The molecule has 2 aromatic carbocycles. The minimum Gasteiger partial charge on any atom is -0.247 e. The van der Waals surface area contributed by atoms with E-state index in [1.165, 1.54) is 30.3 Å². The maximum atomic E-state index is 13.5. The van der Waals surface area contributed by atoms with Crippen molar-refractivity contribution in [2.45, 2.75) is 6.18 Å². The molecule has 1 heterocycles. The van der Waals surface area contributed by atoms with Gasteiger partial charge in [-0.3, -0.25) is 0 Å². The van der Waals surface area contributed by atoms with Crippen LogP contribution in [0.25, 0.3) is 22.5 Å². The third kappa shape index (κ3) is 4.33. The van der Waals surface area contributed by atoms with Crippen molar-refractivity contribution < 1.29 is 13.2 Å². The Labute approximate surface area is 187 Å². The molecule has 0 atom stereocenters. The second-order valence-electron chi connectivity index (χ2n) is 5.60. The molecule has 0 amide bonds. The van der Waals surface area contributed by atoms with E-state index in [9.17, 15) is 13.2 Å². The molecule has 1 aromatic heterocycles. The quantitative estimate of drug-likeness (QED) is 0.316. The Morgan fingerprint density at radius 2 is 1.07 bits per heavy atom. The molecule has 0 unspecified atom stereocenters. The van der Waals surface area contributed by atoms with Crippen LogP contribution < -0.4 is 0 Å². The summed E-state index contributed by atoms with van der Waals surface area (Å²) in [6, 6.07) is 7.55. The number of benzene rings is 2. The Balaban J connectivity index is 2.27. The lowest BCUT2D eigenvalue weighted by atomic mass is 10.0. The second kappa shape index (κ2) is 8.10. The van der Waals surface area contributed by atoms with Crippen molar-refractivity contribution in [3.05, 3.63) is 72.1 Å². The lowest BCUT2D eigenvalue weighted by Crippen LogP contribution is -2.09. The van der Waals surface area contributed by atoms with Gasteiger partial charge in [-0.15, -0.1) is 0 Å². The third-order valence-corrected chi connectivity index (χ3v) is 6.13. The van der Waals surface area contributed by atoms with Gasteiger partial charge >= 0.3 is 6.18 Å². The summed E-state index contributed by atoms with van der Waals surface area (Å²) in [6.07, 6.45) is -4.66. The van der Waals surface area contributed by atoms with Gasteiger partial charge in [0.05, 0.1) is 47.1 Å². The summed E-state index contributed by atoms with van der Waals surface area (Å²) in [5, 5.41) is 0.461.